The van der Waals surface area contributed by atoms with Gasteiger partial charge in [0.05, 0.1) is 11.1 Å². The van der Waals surface area contributed by atoms with Crippen molar-refractivity contribution in [2.75, 3.05) is 5.32 Å². The Bertz CT molecular complexity index is 607. The van der Waals surface area contributed by atoms with E-state index in [0.717, 1.165) is 0 Å². The Balaban J connectivity index is 2.24. The average Bonchev–Trinajstić information content (AvgIpc) is 2.76. The Kier molecular flexibility index (Phi) is 3.00. The highest BCUT2D eigenvalue weighted by Crippen LogP contribution is 2.23. The molecule has 0 bridgehead atoms. The fourth-order valence-corrected chi connectivity index (χ4v) is 1.38. The van der Waals surface area contributed by atoms with Crippen LogP contribution in [-0.4, -0.2) is 25.8 Å². The number of nitro groups is 1. The standard InChI is InChI=1S/C10H9N5O3/c1-14-6-8(12-13-14)10(16)11-7-4-2-3-5-9(7)15(17)18/h2-6H,1H3,(H,11,16). The number of aromatic nitrogens is 3. The van der Waals surface area contributed by atoms with Crippen LogP contribution in [0.5, 0.6) is 0 Å². The summed E-state index contributed by atoms with van der Waals surface area (Å²) in [7, 11) is 1.62. The molecule has 8 nitrogen and oxygen atoms in total. The van der Waals surface area contributed by atoms with Gasteiger partial charge in [0.25, 0.3) is 11.6 Å². The largest absolute Gasteiger partial charge is 0.315 e. The van der Waals surface area contributed by atoms with Crippen LogP contribution in [0.4, 0.5) is 11.4 Å². The van der Waals surface area contributed by atoms with E-state index in [1.165, 1.54) is 29.1 Å². The summed E-state index contributed by atoms with van der Waals surface area (Å²) in [5, 5.41) is 20.4. The third-order valence-corrected chi connectivity index (χ3v) is 2.18. The number of hydrogen-bond donors (Lipinski definition) is 1. The van der Waals surface area contributed by atoms with Crippen molar-refractivity contribution in [2.24, 2.45) is 7.05 Å². The normalized spacial score (nSPS) is 10.1. The number of carbonyl (C=O) groups excluding carboxylic acids is 1. The number of benzene rings is 1. The molecule has 0 atom stereocenters. The molecule has 0 radical (unpaired) electrons. The second kappa shape index (κ2) is 4.62. The smallest absolute Gasteiger partial charge is 0.292 e. The highest BCUT2D eigenvalue weighted by Gasteiger charge is 2.17. The lowest BCUT2D eigenvalue weighted by Gasteiger charge is -2.03. The molecule has 2 rings (SSSR count). The zero-order valence-corrected chi connectivity index (χ0v) is 9.40. The summed E-state index contributed by atoms with van der Waals surface area (Å²) in [6.07, 6.45) is 1.42. The van der Waals surface area contributed by atoms with Crippen molar-refractivity contribution in [2.45, 2.75) is 0 Å². The summed E-state index contributed by atoms with van der Waals surface area (Å²) in [5.74, 6) is -0.544. The van der Waals surface area contributed by atoms with Crippen molar-refractivity contribution in [3.63, 3.8) is 0 Å². The number of carbonyl (C=O) groups is 1. The number of para-hydroxylation sites is 2. The first-order valence-electron chi connectivity index (χ1n) is 4.99. The SMILES string of the molecule is Cn1cc(C(=O)Nc2ccccc2[N+](=O)[O-])nn1. The number of nitrogens with one attached hydrogen (secondary N) is 1. The molecule has 0 saturated heterocycles. The van der Waals surface area contributed by atoms with Gasteiger partial charge in [-0.3, -0.25) is 19.6 Å². The van der Waals surface area contributed by atoms with Crippen molar-refractivity contribution in [1.29, 1.82) is 0 Å². The van der Waals surface area contributed by atoms with Gasteiger partial charge in [-0.25, -0.2) is 0 Å². The topological polar surface area (TPSA) is 103 Å². The van der Waals surface area contributed by atoms with E-state index < -0.39 is 10.8 Å². The van der Waals surface area contributed by atoms with Crippen molar-refractivity contribution in [3.05, 3.63) is 46.3 Å². The molecule has 0 saturated carbocycles. The Morgan fingerprint density at radius 2 is 2.17 bits per heavy atom. The van der Waals surface area contributed by atoms with Crippen LogP contribution in [0.2, 0.25) is 0 Å². The summed E-state index contributed by atoms with van der Waals surface area (Å²) in [5.41, 5.74) is 0.0449. The Morgan fingerprint density at radius 1 is 1.44 bits per heavy atom. The van der Waals surface area contributed by atoms with Crippen LogP contribution in [0.15, 0.2) is 30.5 Å². The van der Waals surface area contributed by atoms with E-state index in [1.807, 2.05) is 0 Å². The lowest BCUT2D eigenvalue weighted by molar-refractivity contribution is -0.383. The maximum absolute atomic E-state index is 11.8. The first-order valence-corrected chi connectivity index (χ1v) is 4.99. The zero-order valence-electron chi connectivity index (χ0n) is 9.40. The predicted molar refractivity (Wildman–Crippen MR) is 62.1 cm³/mol. The number of anilines is 1. The minimum Gasteiger partial charge on any atom is -0.315 e. The van der Waals surface area contributed by atoms with Crippen molar-refractivity contribution in [1.82, 2.24) is 15.0 Å². The van der Waals surface area contributed by atoms with Crippen molar-refractivity contribution < 1.29 is 9.72 Å². The van der Waals surface area contributed by atoms with E-state index >= 15 is 0 Å². The molecule has 92 valence electrons. The molecule has 0 spiro atoms. The van der Waals surface area contributed by atoms with E-state index in [2.05, 4.69) is 15.6 Å². The Morgan fingerprint density at radius 3 is 2.78 bits per heavy atom. The zero-order chi connectivity index (χ0) is 13.1. The second-order valence-electron chi connectivity index (χ2n) is 3.51. The molecular weight excluding hydrogens is 238 g/mol. The maximum Gasteiger partial charge on any atom is 0.292 e. The molecule has 1 heterocycles. The van der Waals surface area contributed by atoms with Crippen molar-refractivity contribution in [3.8, 4) is 0 Å². The number of hydrogen-bond acceptors (Lipinski definition) is 5. The molecule has 0 fully saturated rings. The number of aryl methyl sites for hydroxylation is 1. The van der Waals surface area contributed by atoms with Gasteiger partial charge in [-0.2, -0.15) is 0 Å². The number of amides is 1. The Labute approximate surface area is 101 Å². The minimum absolute atomic E-state index is 0.0932. The fourth-order valence-electron chi connectivity index (χ4n) is 1.38. The predicted octanol–water partition coefficient (Wildman–Crippen LogP) is 0.976. The van der Waals surface area contributed by atoms with Gasteiger partial charge in [0.1, 0.15) is 5.69 Å². The number of nitrogens with zero attached hydrogens (tertiary/aromatic N) is 4. The monoisotopic (exact) mass is 247 g/mol. The lowest BCUT2D eigenvalue weighted by Crippen LogP contribution is -2.13. The van der Waals surface area contributed by atoms with E-state index in [9.17, 15) is 14.9 Å². The van der Waals surface area contributed by atoms with E-state index in [1.54, 1.807) is 13.1 Å². The molecular formula is C10H9N5O3. The summed E-state index contributed by atoms with van der Waals surface area (Å²) in [6.45, 7) is 0. The molecule has 2 aromatic rings. The quantitative estimate of drug-likeness (QED) is 0.643. The summed E-state index contributed by atoms with van der Waals surface area (Å²) >= 11 is 0. The van der Waals surface area contributed by atoms with Gasteiger partial charge in [-0.15, -0.1) is 5.10 Å². The van der Waals surface area contributed by atoms with Crippen LogP contribution in [-0.2, 0) is 7.05 Å². The van der Waals surface area contributed by atoms with E-state index in [0.29, 0.717) is 0 Å². The molecule has 0 aliphatic heterocycles. The van der Waals surface area contributed by atoms with Gasteiger partial charge in [-0.1, -0.05) is 17.3 Å². The third-order valence-electron chi connectivity index (χ3n) is 2.18. The summed E-state index contributed by atoms with van der Waals surface area (Å²) in [4.78, 5) is 22.0. The summed E-state index contributed by atoms with van der Waals surface area (Å²) < 4.78 is 1.37. The first kappa shape index (κ1) is 11.7. The van der Waals surface area contributed by atoms with E-state index in [4.69, 9.17) is 0 Å². The van der Waals surface area contributed by atoms with Crippen molar-refractivity contribution >= 4 is 17.3 Å². The molecule has 1 N–H and O–H groups in total. The average molecular weight is 247 g/mol. The highest BCUT2D eigenvalue weighted by atomic mass is 16.6. The van der Waals surface area contributed by atoms with Gasteiger partial charge in [0, 0.05) is 13.1 Å². The second-order valence-corrected chi connectivity index (χ2v) is 3.51. The first-order chi connectivity index (χ1) is 8.58. The van der Waals surface area contributed by atoms with Crippen LogP contribution < -0.4 is 5.32 Å². The van der Waals surface area contributed by atoms with Crippen LogP contribution >= 0.6 is 0 Å². The molecule has 0 unspecified atom stereocenters. The number of rotatable bonds is 3. The van der Waals surface area contributed by atoms with Gasteiger partial charge in [0.15, 0.2) is 5.69 Å². The van der Waals surface area contributed by atoms with Crippen LogP contribution in [0, 0.1) is 10.1 Å². The van der Waals surface area contributed by atoms with Crippen LogP contribution in [0.1, 0.15) is 10.5 Å². The molecule has 0 aliphatic carbocycles. The molecule has 1 aromatic carbocycles. The lowest BCUT2D eigenvalue weighted by atomic mass is 10.2. The Hall–Kier alpha value is -2.77. The maximum atomic E-state index is 11.8. The molecule has 18 heavy (non-hydrogen) atoms. The summed E-state index contributed by atoms with van der Waals surface area (Å²) in [6, 6.07) is 5.88. The van der Waals surface area contributed by atoms with Crippen LogP contribution in [0.3, 0.4) is 0 Å². The highest BCUT2D eigenvalue weighted by molar-refractivity contribution is 6.03. The molecule has 1 amide bonds. The van der Waals surface area contributed by atoms with Gasteiger partial charge >= 0.3 is 0 Å². The van der Waals surface area contributed by atoms with Crippen LogP contribution in [0.25, 0.3) is 0 Å². The third kappa shape index (κ3) is 2.32. The molecule has 0 aliphatic rings. The van der Waals surface area contributed by atoms with Gasteiger partial charge in [-0.05, 0) is 6.07 Å². The number of nitro benzene ring substituents is 1. The fraction of sp³-hybridized carbons (Fsp3) is 0.100. The minimum atomic E-state index is -0.563. The van der Waals surface area contributed by atoms with E-state index in [-0.39, 0.29) is 17.1 Å². The van der Waals surface area contributed by atoms with Gasteiger partial charge in [0.2, 0.25) is 0 Å². The molecule has 1 aromatic heterocycles. The molecule has 8 heteroatoms. The van der Waals surface area contributed by atoms with Gasteiger partial charge < -0.3 is 5.32 Å².